The first-order valence-corrected chi connectivity index (χ1v) is 6.70. The van der Waals surface area contributed by atoms with E-state index in [9.17, 15) is 4.79 Å². The van der Waals surface area contributed by atoms with Gasteiger partial charge in [0.05, 0.1) is 6.54 Å². The van der Waals surface area contributed by atoms with E-state index in [-0.39, 0.29) is 12.5 Å². The molecular weight excluding hydrogens is 286 g/mol. The van der Waals surface area contributed by atoms with E-state index in [0.29, 0.717) is 16.4 Å². The van der Waals surface area contributed by atoms with Crippen molar-refractivity contribution in [2.45, 2.75) is 6.92 Å². The largest absolute Gasteiger partial charge is 0.320 e. The summed E-state index contributed by atoms with van der Waals surface area (Å²) >= 11 is 5.88. The van der Waals surface area contributed by atoms with Gasteiger partial charge >= 0.3 is 0 Å². The number of halogens is 1. The number of carbonyl (C=O) groups is 1. The molecule has 0 radical (unpaired) electrons. The maximum Gasteiger partial charge on any atom is 0.257 e. The van der Waals surface area contributed by atoms with Crippen molar-refractivity contribution in [1.82, 2.24) is 4.98 Å². The van der Waals surface area contributed by atoms with E-state index in [1.54, 1.807) is 36.5 Å². The van der Waals surface area contributed by atoms with E-state index >= 15 is 0 Å². The number of carbonyl (C=O) groups excluding carboxylic acids is 1. The number of benzene rings is 1. The molecule has 0 fully saturated rings. The van der Waals surface area contributed by atoms with Crippen molar-refractivity contribution in [2.24, 2.45) is 5.73 Å². The summed E-state index contributed by atoms with van der Waals surface area (Å²) in [6, 6.07) is 8.57. The Bertz CT molecular complexity index is 732. The van der Waals surface area contributed by atoms with Gasteiger partial charge in [-0.05, 0) is 42.8 Å². The number of hydrogen-bond donors (Lipinski definition) is 2. The van der Waals surface area contributed by atoms with Gasteiger partial charge < -0.3 is 11.1 Å². The standard InChI is InChI=1S/C16H14ClN3O/c1-11-9-13(17)4-5-14(11)16(21)20-15-10-12(3-2-7-18)6-8-19-15/h4-6,8-10H,7,18H2,1H3,(H,19,20,21). The van der Waals surface area contributed by atoms with Crippen LogP contribution in [0.25, 0.3) is 0 Å². The van der Waals surface area contributed by atoms with Crippen LogP contribution in [-0.4, -0.2) is 17.4 Å². The number of nitrogens with two attached hydrogens (primary N) is 1. The van der Waals surface area contributed by atoms with Crippen LogP contribution in [0.4, 0.5) is 5.82 Å². The molecule has 1 aromatic heterocycles. The number of nitrogens with one attached hydrogen (secondary N) is 1. The van der Waals surface area contributed by atoms with Crippen LogP contribution in [0.2, 0.25) is 5.02 Å². The minimum Gasteiger partial charge on any atom is -0.320 e. The second-order valence-corrected chi connectivity index (χ2v) is 4.79. The fraction of sp³-hybridized carbons (Fsp3) is 0.125. The predicted octanol–water partition coefficient (Wildman–Crippen LogP) is 2.61. The summed E-state index contributed by atoms with van der Waals surface area (Å²) in [5.74, 6) is 5.85. The fourth-order valence-electron chi connectivity index (χ4n) is 1.80. The van der Waals surface area contributed by atoms with Crippen molar-refractivity contribution in [3.05, 3.63) is 58.2 Å². The number of anilines is 1. The molecule has 0 aliphatic carbocycles. The van der Waals surface area contributed by atoms with E-state index in [1.807, 2.05) is 6.92 Å². The maximum atomic E-state index is 12.2. The topological polar surface area (TPSA) is 68.0 Å². The third-order valence-electron chi connectivity index (χ3n) is 2.77. The lowest BCUT2D eigenvalue weighted by Crippen LogP contribution is -2.14. The molecule has 3 N–H and O–H groups in total. The van der Waals surface area contributed by atoms with Crippen LogP contribution in [-0.2, 0) is 0 Å². The van der Waals surface area contributed by atoms with Gasteiger partial charge in [-0.1, -0.05) is 23.4 Å². The van der Waals surface area contributed by atoms with Crippen molar-refractivity contribution < 1.29 is 4.79 Å². The number of aryl methyl sites for hydroxylation is 1. The van der Waals surface area contributed by atoms with Crippen LogP contribution in [0.15, 0.2) is 36.5 Å². The van der Waals surface area contributed by atoms with Gasteiger partial charge in [-0.15, -0.1) is 0 Å². The predicted molar refractivity (Wildman–Crippen MR) is 84.3 cm³/mol. The molecule has 0 saturated heterocycles. The SMILES string of the molecule is Cc1cc(Cl)ccc1C(=O)Nc1cc(C#CCN)ccn1. The molecule has 0 unspecified atom stereocenters. The second-order valence-electron chi connectivity index (χ2n) is 4.35. The molecule has 2 rings (SSSR count). The highest BCUT2D eigenvalue weighted by atomic mass is 35.5. The number of aromatic nitrogens is 1. The van der Waals surface area contributed by atoms with Crippen LogP contribution in [0.1, 0.15) is 21.5 Å². The first-order valence-electron chi connectivity index (χ1n) is 6.32. The highest BCUT2D eigenvalue weighted by Crippen LogP contribution is 2.16. The van der Waals surface area contributed by atoms with Crippen molar-refractivity contribution in [2.75, 3.05) is 11.9 Å². The zero-order valence-corrected chi connectivity index (χ0v) is 12.2. The third-order valence-corrected chi connectivity index (χ3v) is 3.00. The smallest absolute Gasteiger partial charge is 0.257 e. The van der Waals surface area contributed by atoms with Crippen molar-refractivity contribution in [1.29, 1.82) is 0 Å². The third kappa shape index (κ3) is 4.06. The Labute approximate surface area is 128 Å². The molecule has 0 aliphatic rings. The second kappa shape index (κ2) is 6.89. The number of amides is 1. The molecule has 4 nitrogen and oxygen atoms in total. The number of rotatable bonds is 2. The normalized spacial score (nSPS) is 9.67. The van der Waals surface area contributed by atoms with Crippen LogP contribution in [0, 0.1) is 18.8 Å². The van der Waals surface area contributed by atoms with Crippen molar-refractivity contribution >= 4 is 23.3 Å². The number of pyridine rings is 1. The molecule has 106 valence electrons. The summed E-state index contributed by atoms with van der Waals surface area (Å²) in [5, 5.41) is 3.34. The zero-order chi connectivity index (χ0) is 15.2. The van der Waals surface area contributed by atoms with Gasteiger partial charge in [-0.25, -0.2) is 4.98 Å². The monoisotopic (exact) mass is 299 g/mol. The van der Waals surface area contributed by atoms with Crippen LogP contribution in [0.3, 0.4) is 0 Å². The molecule has 0 bridgehead atoms. The first kappa shape index (κ1) is 15.0. The minimum atomic E-state index is -0.236. The van der Waals surface area contributed by atoms with Gasteiger partial charge in [0.1, 0.15) is 5.82 Å². The molecule has 2 aromatic rings. The average Bonchev–Trinajstić information content (AvgIpc) is 2.45. The lowest BCUT2D eigenvalue weighted by Gasteiger charge is -2.07. The Hall–Kier alpha value is -2.35. The van der Waals surface area contributed by atoms with E-state index in [1.165, 1.54) is 0 Å². The lowest BCUT2D eigenvalue weighted by molar-refractivity contribution is 0.102. The first-order chi connectivity index (χ1) is 10.1. The van der Waals surface area contributed by atoms with Crippen molar-refractivity contribution in [3.63, 3.8) is 0 Å². The molecule has 0 aliphatic heterocycles. The van der Waals surface area contributed by atoms with Gasteiger partial charge in [0, 0.05) is 22.3 Å². The summed E-state index contributed by atoms with van der Waals surface area (Å²) < 4.78 is 0. The van der Waals surface area contributed by atoms with E-state index in [2.05, 4.69) is 22.1 Å². The summed E-state index contributed by atoms with van der Waals surface area (Å²) in [6.45, 7) is 2.12. The summed E-state index contributed by atoms with van der Waals surface area (Å²) in [6.07, 6.45) is 1.59. The Morgan fingerprint density at radius 3 is 2.90 bits per heavy atom. The molecule has 0 atom stereocenters. The van der Waals surface area contributed by atoms with Gasteiger partial charge in [0.2, 0.25) is 0 Å². The molecular formula is C16H14ClN3O. The highest BCUT2D eigenvalue weighted by molar-refractivity contribution is 6.30. The molecule has 0 saturated carbocycles. The van der Waals surface area contributed by atoms with Gasteiger partial charge in [-0.3, -0.25) is 4.79 Å². The van der Waals surface area contributed by atoms with Crippen LogP contribution in [0.5, 0.6) is 0 Å². The quantitative estimate of drug-likeness (QED) is 0.838. The molecule has 1 heterocycles. The van der Waals surface area contributed by atoms with E-state index in [0.717, 1.165) is 11.1 Å². The summed E-state index contributed by atoms with van der Waals surface area (Å²) in [7, 11) is 0. The molecule has 5 heteroatoms. The Kier molecular flexibility index (Phi) is 4.94. The number of hydrogen-bond acceptors (Lipinski definition) is 3. The van der Waals surface area contributed by atoms with Crippen LogP contribution >= 0.6 is 11.6 Å². The summed E-state index contributed by atoms with van der Waals surface area (Å²) in [4.78, 5) is 16.3. The van der Waals surface area contributed by atoms with Gasteiger partial charge in [0.25, 0.3) is 5.91 Å². The summed E-state index contributed by atoms with van der Waals surface area (Å²) in [5.41, 5.74) is 7.44. The zero-order valence-electron chi connectivity index (χ0n) is 11.5. The molecule has 1 aromatic carbocycles. The Balaban J connectivity index is 2.19. The van der Waals surface area contributed by atoms with E-state index < -0.39 is 0 Å². The number of nitrogens with zero attached hydrogens (tertiary/aromatic N) is 1. The fourth-order valence-corrected chi connectivity index (χ4v) is 2.02. The van der Waals surface area contributed by atoms with Crippen LogP contribution < -0.4 is 11.1 Å². The Morgan fingerprint density at radius 2 is 2.19 bits per heavy atom. The molecule has 1 amide bonds. The highest BCUT2D eigenvalue weighted by Gasteiger charge is 2.10. The molecule has 21 heavy (non-hydrogen) atoms. The van der Waals surface area contributed by atoms with Gasteiger partial charge in [0.15, 0.2) is 0 Å². The average molecular weight is 300 g/mol. The van der Waals surface area contributed by atoms with Gasteiger partial charge in [-0.2, -0.15) is 0 Å². The van der Waals surface area contributed by atoms with Crippen molar-refractivity contribution in [3.8, 4) is 11.8 Å². The lowest BCUT2D eigenvalue weighted by atomic mass is 10.1. The Morgan fingerprint density at radius 1 is 1.38 bits per heavy atom. The van der Waals surface area contributed by atoms with E-state index in [4.69, 9.17) is 17.3 Å². The molecule has 0 spiro atoms. The minimum absolute atomic E-state index is 0.236. The maximum absolute atomic E-state index is 12.2.